The minimum atomic E-state index is 0.600. The maximum Gasteiger partial charge on any atom is 0.191 e. The van der Waals surface area contributed by atoms with Crippen LogP contribution in [0.15, 0.2) is 64.5 Å². The van der Waals surface area contributed by atoms with Crippen LogP contribution in [0.25, 0.3) is 11.1 Å². The maximum atomic E-state index is 5.30. The summed E-state index contributed by atoms with van der Waals surface area (Å²) in [6, 6.07) is 12.2. The molecule has 0 fully saturated rings. The summed E-state index contributed by atoms with van der Waals surface area (Å²) in [4.78, 5) is 4.23. The van der Waals surface area contributed by atoms with Crippen molar-refractivity contribution in [1.82, 2.24) is 20.4 Å². The van der Waals surface area contributed by atoms with Crippen LogP contribution < -0.4 is 10.6 Å². The lowest BCUT2D eigenvalue weighted by Crippen LogP contribution is -2.36. The smallest absolute Gasteiger partial charge is 0.191 e. The Morgan fingerprint density at radius 1 is 1.17 bits per heavy atom. The van der Waals surface area contributed by atoms with Gasteiger partial charge in [-0.2, -0.15) is 5.10 Å². The third-order valence-corrected chi connectivity index (χ3v) is 3.66. The Bertz CT molecular complexity index is 804. The molecule has 2 aromatic heterocycles. The van der Waals surface area contributed by atoms with Crippen LogP contribution in [0.4, 0.5) is 0 Å². The topological polar surface area (TPSA) is 67.4 Å². The average Bonchev–Trinajstić information content (AvgIpc) is 3.27. The van der Waals surface area contributed by atoms with E-state index in [9.17, 15) is 0 Å². The number of hydrogen-bond donors (Lipinski definition) is 2. The normalized spacial score (nSPS) is 11.5. The van der Waals surface area contributed by atoms with E-state index in [1.54, 1.807) is 18.0 Å². The number of nitrogens with one attached hydrogen (secondary N) is 2. The van der Waals surface area contributed by atoms with Gasteiger partial charge >= 0.3 is 0 Å². The fourth-order valence-corrected chi connectivity index (χ4v) is 2.42. The Morgan fingerprint density at radius 2 is 2.04 bits per heavy atom. The fourth-order valence-electron chi connectivity index (χ4n) is 2.42. The Hall–Kier alpha value is -3.02. The van der Waals surface area contributed by atoms with Crippen molar-refractivity contribution < 1.29 is 4.42 Å². The summed E-state index contributed by atoms with van der Waals surface area (Å²) < 4.78 is 7.11. The van der Waals surface area contributed by atoms with Crippen molar-refractivity contribution in [3.05, 3.63) is 66.4 Å². The lowest BCUT2D eigenvalue weighted by atomic mass is 10.1. The highest BCUT2D eigenvalue weighted by molar-refractivity contribution is 5.79. The number of hydrogen-bond acceptors (Lipinski definition) is 3. The molecule has 0 aliphatic heterocycles. The first-order valence-corrected chi connectivity index (χ1v) is 7.79. The second-order valence-electron chi connectivity index (χ2n) is 5.46. The molecule has 0 spiro atoms. The molecule has 124 valence electrons. The number of rotatable bonds is 5. The van der Waals surface area contributed by atoms with Crippen molar-refractivity contribution >= 4 is 5.96 Å². The summed E-state index contributed by atoms with van der Waals surface area (Å²) >= 11 is 0. The molecular weight excluding hydrogens is 302 g/mol. The fraction of sp³-hybridized carbons (Fsp3) is 0.222. The zero-order valence-electron chi connectivity index (χ0n) is 13.9. The quantitative estimate of drug-likeness (QED) is 0.559. The van der Waals surface area contributed by atoms with Crippen molar-refractivity contribution in [3.8, 4) is 11.1 Å². The lowest BCUT2D eigenvalue weighted by molar-refractivity contribution is 0.501. The molecule has 1 aromatic carbocycles. The Balaban J connectivity index is 1.59. The number of aryl methyl sites for hydroxylation is 1. The molecule has 24 heavy (non-hydrogen) atoms. The predicted octanol–water partition coefficient (Wildman–Crippen LogP) is 2.55. The van der Waals surface area contributed by atoms with Gasteiger partial charge in [-0.15, -0.1) is 0 Å². The number of benzene rings is 1. The van der Waals surface area contributed by atoms with Gasteiger partial charge in [0.2, 0.25) is 0 Å². The molecule has 6 heteroatoms. The second-order valence-corrected chi connectivity index (χ2v) is 5.46. The van der Waals surface area contributed by atoms with E-state index in [-0.39, 0.29) is 0 Å². The monoisotopic (exact) mass is 323 g/mol. The number of guanidine groups is 1. The second kappa shape index (κ2) is 7.50. The van der Waals surface area contributed by atoms with Crippen LogP contribution in [-0.4, -0.2) is 22.8 Å². The summed E-state index contributed by atoms with van der Waals surface area (Å²) in [5.74, 6) is 1.61. The molecule has 0 aliphatic carbocycles. The molecule has 2 N–H and O–H groups in total. The molecule has 0 saturated heterocycles. The molecule has 2 heterocycles. The van der Waals surface area contributed by atoms with Crippen LogP contribution >= 0.6 is 0 Å². The number of aromatic nitrogens is 2. The van der Waals surface area contributed by atoms with E-state index in [0.29, 0.717) is 13.1 Å². The van der Waals surface area contributed by atoms with Crippen LogP contribution in [0.5, 0.6) is 0 Å². The van der Waals surface area contributed by atoms with Gasteiger partial charge < -0.3 is 15.1 Å². The van der Waals surface area contributed by atoms with Gasteiger partial charge in [0.1, 0.15) is 5.76 Å². The van der Waals surface area contributed by atoms with Crippen LogP contribution in [0.3, 0.4) is 0 Å². The van der Waals surface area contributed by atoms with Gasteiger partial charge in [0.25, 0.3) is 0 Å². The molecule has 6 nitrogen and oxygen atoms in total. The van der Waals surface area contributed by atoms with Crippen molar-refractivity contribution in [1.29, 1.82) is 0 Å². The SMILES string of the molecule is CN=C(NCc1cccc(-c2cnn(C)c2)c1)NCc1ccco1. The van der Waals surface area contributed by atoms with Crippen molar-refractivity contribution in [2.45, 2.75) is 13.1 Å². The van der Waals surface area contributed by atoms with E-state index in [1.807, 2.05) is 31.6 Å². The molecule has 0 radical (unpaired) electrons. The third-order valence-electron chi connectivity index (χ3n) is 3.66. The van der Waals surface area contributed by atoms with E-state index < -0.39 is 0 Å². The van der Waals surface area contributed by atoms with Gasteiger partial charge in [0, 0.05) is 32.4 Å². The van der Waals surface area contributed by atoms with E-state index in [2.05, 4.69) is 45.0 Å². The highest BCUT2D eigenvalue weighted by Crippen LogP contribution is 2.19. The first-order chi connectivity index (χ1) is 11.7. The van der Waals surface area contributed by atoms with Crippen molar-refractivity contribution in [3.63, 3.8) is 0 Å². The van der Waals surface area contributed by atoms with E-state index in [0.717, 1.165) is 22.8 Å². The van der Waals surface area contributed by atoms with Crippen molar-refractivity contribution in [2.75, 3.05) is 7.05 Å². The van der Waals surface area contributed by atoms with Crippen LogP contribution in [0, 0.1) is 0 Å². The average molecular weight is 323 g/mol. The Morgan fingerprint density at radius 3 is 2.75 bits per heavy atom. The highest BCUT2D eigenvalue weighted by atomic mass is 16.3. The molecule has 0 aliphatic rings. The van der Waals surface area contributed by atoms with Gasteiger partial charge in [-0.05, 0) is 29.3 Å². The zero-order valence-corrected chi connectivity index (χ0v) is 13.9. The molecule has 0 atom stereocenters. The molecule has 0 saturated carbocycles. The van der Waals surface area contributed by atoms with Crippen LogP contribution in [-0.2, 0) is 20.1 Å². The predicted molar refractivity (Wildman–Crippen MR) is 94.4 cm³/mol. The first kappa shape index (κ1) is 15.9. The minimum absolute atomic E-state index is 0.600. The molecule has 0 bridgehead atoms. The molecule has 3 rings (SSSR count). The highest BCUT2D eigenvalue weighted by Gasteiger charge is 2.03. The molecular formula is C18H21N5O. The number of aliphatic imine (C=N–C) groups is 1. The Kier molecular flexibility index (Phi) is 4.96. The third kappa shape index (κ3) is 4.04. The van der Waals surface area contributed by atoms with Crippen LogP contribution in [0.1, 0.15) is 11.3 Å². The van der Waals surface area contributed by atoms with Gasteiger partial charge in [-0.1, -0.05) is 18.2 Å². The minimum Gasteiger partial charge on any atom is -0.467 e. The maximum absolute atomic E-state index is 5.30. The molecule has 0 amide bonds. The summed E-state index contributed by atoms with van der Waals surface area (Å²) in [5, 5.41) is 10.8. The largest absolute Gasteiger partial charge is 0.467 e. The van der Waals surface area contributed by atoms with Crippen LogP contribution in [0.2, 0.25) is 0 Å². The molecule has 3 aromatic rings. The van der Waals surface area contributed by atoms with Gasteiger partial charge in [0.05, 0.1) is 19.0 Å². The summed E-state index contributed by atoms with van der Waals surface area (Å²) in [6.07, 6.45) is 5.55. The standard InChI is InChI=1S/C18H21N5O/c1-19-18(21-12-17-7-4-8-24-17)20-10-14-5-3-6-15(9-14)16-11-22-23(2)13-16/h3-9,11,13H,10,12H2,1-2H3,(H2,19,20,21). The number of furan rings is 1. The Labute approximate surface area is 141 Å². The van der Waals surface area contributed by atoms with E-state index in [1.165, 1.54) is 5.56 Å². The summed E-state index contributed by atoms with van der Waals surface area (Å²) in [5.41, 5.74) is 3.44. The van der Waals surface area contributed by atoms with E-state index >= 15 is 0 Å². The van der Waals surface area contributed by atoms with E-state index in [4.69, 9.17) is 4.42 Å². The van der Waals surface area contributed by atoms with Crippen molar-refractivity contribution in [2.24, 2.45) is 12.0 Å². The van der Waals surface area contributed by atoms with Gasteiger partial charge in [-0.25, -0.2) is 0 Å². The number of nitrogens with zero attached hydrogens (tertiary/aromatic N) is 3. The zero-order chi connectivity index (χ0) is 16.8. The lowest BCUT2D eigenvalue weighted by Gasteiger charge is -2.11. The summed E-state index contributed by atoms with van der Waals surface area (Å²) in [6.45, 7) is 1.29. The van der Waals surface area contributed by atoms with Gasteiger partial charge in [0.15, 0.2) is 5.96 Å². The first-order valence-electron chi connectivity index (χ1n) is 7.79. The van der Waals surface area contributed by atoms with Gasteiger partial charge in [-0.3, -0.25) is 9.67 Å². The summed E-state index contributed by atoms with van der Waals surface area (Å²) in [7, 11) is 3.67. The molecule has 0 unspecified atom stereocenters.